The fourth-order valence-electron chi connectivity index (χ4n) is 2.74. The first-order valence-electron chi connectivity index (χ1n) is 8.24. The van der Waals surface area contributed by atoms with Crippen LogP contribution in [0.3, 0.4) is 0 Å². The standard InChI is InChI=1S/C18H26N2O3/c1-13(2)18(22)20-10-8-15(9-11-20)19-17(21)12-23-16-7-5-4-6-14(16)3/h4-7,13,15H,8-12H2,1-3H3,(H,19,21). The van der Waals surface area contributed by atoms with E-state index in [1.807, 2.05) is 49.9 Å². The van der Waals surface area contributed by atoms with Crippen LogP contribution in [-0.2, 0) is 9.59 Å². The first-order chi connectivity index (χ1) is 11.0. The van der Waals surface area contributed by atoms with Gasteiger partial charge in [0.25, 0.3) is 5.91 Å². The molecule has 1 aromatic rings. The van der Waals surface area contributed by atoms with Gasteiger partial charge in [0.15, 0.2) is 6.61 Å². The van der Waals surface area contributed by atoms with Gasteiger partial charge in [0.1, 0.15) is 5.75 Å². The zero-order valence-electron chi connectivity index (χ0n) is 14.2. The third-order valence-corrected chi connectivity index (χ3v) is 4.12. The summed E-state index contributed by atoms with van der Waals surface area (Å²) in [5.74, 6) is 0.850. The number of para-hydroxylation sites is 1. The molecule has 2 amide bonds. The summed E-state index contributed by atoms with van der Waals surface area (Å²) in [6, 6.07) is 7.77. The molecular weight excluding hydrogens is 292 g/mol. The molecule has 0 aromatic heterocycles. The van der Waals surface area contributed by atoms with Crippen LogP contribution in [0.4, 0.5) is 0 Å². The Bertz CT molecular complexity index is 549. The molecule has 1 aromatic carbocycles. The molecular formula is C18H26N2O3. The summed E-state index contributed by atoms with van der Waals surface area (Å²) in [6.45, 7) is 7.23. The lowest BCUT2D eigenvalue weighted by Gasteiger charge is -2.33. The van der Waals surface area contributed by atoms with E-state index in [-0.39, 0.29) is 30.4 Å². The van der Waals surface area contributed by atoms with E-state index in [2.05, 4.69) is 5.32 Å². The fourth-order valence-corrected chi connectivity index (χ4v) is 2.74. The van der Waals surface area contributed by atoms with E-state index in [1.165, 1.54) is 0 Å². The summed E-state index contributed by atoms with van der Waals surface area (Å²) in [5, 5.41) is 3.00. The maximum atomic E-state index is 12.0. The second-order valence-electron chi connectivity index (χ2n) is 6.38. The SMILES string of the molecule is Cc1ccccc1OCC(=O)NC1CCN(C(=O)C(C)C)CC1. The fraction of sp³-hybridized carbons (Fsp3) is 0.556. The third-order valence-electron chi connectivity index (χ3n) is 4.12. The molecule has 1 saturated heterocycles. The van der Waals surface area contributed by atoms with Crippen LogP contribution in [0.5, 0.6) is 5.75 Å². The number of rotatable bonds is 5. The van der Waals surface area contributed by atoms with Crippen molar-refractivity contribution in [2.75, 3.05) is 19.7 Å². The van der Waals surface area contributed by atoms with E-state index in [0.29, 0.717) is 13.1 Å². The van der Waals surface area contributed by atoms with Crippen LogP contribution >= 0.6 is 0 Å². The largest absolute Gasteiger partial charge is 0.484 e. The van der Waals surface area contributed by atoms with Crippen molar-refractivity contribution in [1.82, 2.24) is 10.2 Å². The van der Waals surface area contributed by atoms with Gasteiger partial charge >= 0.3 is 0 Å². The summed E-state index contributed by atoms with van der Waals surface area (Å²) in [5.41, 5.74) is 1.01. The number of nitrogens with one attached hydrogen (secondary N) is 1. The molecule has 5 nitrogen and oxygen atoms in total. The van der Waals surface area contributed by atoms with Gasteiger partial charge in [0.2, 0.25) is 5.91 Å². The minimum Gasteiger partial charge on any atom is -0.484 e. The van der Waals surface area contributed by atoms with Crippen molar-refractivity contribution in [3.63, 3.8) is 0 Å². The maximum absolute atomic E-state index is 12.0. The van der Waals surface area contributed by atoms with E-state index in [0.717, 1.165) is 24.2 Å². The molecule has 1 heterocycles. The van der Waals surface area contributed by atoms with Crippen LogP contribution in [0, 0.1) is 12.8 Å². The maximum Gasteiger partial charge on any atom is 0.258 e. The minimum absolute atomic E-state index is 0.0238. The number of carbonyl (C=O) groups is 2. The van der Waals surface area contributed by atoms with Gasteiger partial charge in [-0.15, -0.1) is 0 Å². The van der Waals surface area contributed by atoms with E-state index in [1.54, 1.807) is 0 Å². The van der Waals surface area contributed by atoms with Crippen molar-refractivity contribution in [3.8, 4) is 5.75 Å². The highest BCUT2D eigenvalue weighted by Crippen LogP contribution is 2.16. The van der Waals surface area contributed by atoms with Crippen LogP contribution < -0.4 is 10.1 Å². The number of nitrogens with zero attached hydrogens (tertiary/aromatic N) is 1. The van der Waals surface area contributed by atoms with Crippen LogP contribution in [0.2, 0.25) is 0 Å². The molecule has 0 aliphatic carbocycles. The van der Waals surface area contributed by atoms with Gasteiger partial charge in [-0.25, -0.2) is 0 Å². The van der Waals surface area contributed by atoms with Gasteiger partial charge in [0, 0.05) is 25.0 Å². The number of amides is 2. The van der Waals surface area contributed by atoms with E-state index in [9.17, 15) is 9.59 Å². The van der Waals surface area contributed by atoms with Crippen molar-refractivity contribution >= 4 is 11.8 Å². The summed E-state index contributed by atoms with van der Waals surface area (Å²) in [6.07, 6.45) is 1.60. The Morgan fingerprint density at radius 3 is 2.52 bits per heavy atom. The molecule has 1 N–H and O–H groups in total. The quantitative estimate of drug-likeness (QED) is 0.905. The van der Waals surface area contributed by atoms with E-state index < -0.39 is 0 Å². The Balaban J connectivity index is 1.73. The molecule has 23 heavy (non-hydrogen) atoms. The average molecular weight is 318 g/mol. The zero-order valence-corrected chi connectivity index (χ0v) is 14.2. The third kappa shape index (κ3) is 4.98. The summed E-state index contributed by atoms with van der Waals surface area (Å²) in [7, 11) is 0. The minimum atomic E-state index is -0.109. The number of carbonyl (C=O) groups excluding carboxylic acids is 2. The summed E-state index contributed by atoms with van der Waals surface area (Å²) < 4.78 is 5.55. The van der Waals surface area contributed by atoms with Crippen LogP contribution in [0.1, 0.15) is 32.3 Å². The predicted molar refractivity (Wildman–Crippen MR) is 89.3 cm³/mol. The van der Waals surface area contributed by atoms with E-state index in [4.69, 9.17) is 4.74 Å². The molecule has 0 saturated carbocycles. The van der Waals surface area contributed by atoms with Gasteiger partial charge < -0.3 is 15.0 Å². The highest BCUT2D eigenvalue weighted by atomic mass is 16.5. The second kappa shape index (κ2) is 7.99. The van der Waals surface area contributed by atoms with Crippen LogP contribution in [0.25, 0.3) is 0 Å². The number of piperidine rings is 1. The molecule has 1 aliphatic rings. The summed E-state index contributed by atoms with van der Waals surface area (Å²) >= 11 is 0. The highest BCUT2D eigenvalue weighted by Gasteiger charge is 2.25. The van der Waals surface area contributed by atoms with Crippen molar-refractivity contribution < 1.29 is 14.3 Å². The van der Waals surface area contributed by atoms with Gasteiger partial charge in [-0.1, -0.05) is 32.0 Å². The number of hydrogen-bond donors (Lipinski definition) is 1. The number of aryl methyl sites for hydroxylation is 1. The lowest BCUT2D eigenvalue weighted by Crippen LogP contribution is -2.48. The Hall–Kier alpha value is -2.04. The smallest absolute Gasteiger partial charge is 0.258 e. The molecule has 2 rings (SSSR count). The number of hydrogen-bond acceptors (Lipinski definition) is 3. The number of likely N-dealkylation sites (tertiary alicyclic amines) is 1. The van der Waals surface area contributed by atoms with Gasteiger partial charge in [-0.2, -0.15) is 0 Å². The van der Waals surface area contributed by atoms with Gasteiger partial charge in [-0.3, -0.25) is 9.59 Å². The lowest BCUT2D eigenvalue weighted by molar-refractivity contribution is -0.135. The van der Waals surface area contributed by atoms with Crippen LogP contribution in [-0.4, -0.2) is 42.5 Å². The molecule has 0 unspecified atom stereocenters. The first-order valence-corrected chi connectivity index (χ1v) is 8.24. The number of benzene rings is 1. The van der Waals surface area contributed by atoms with Crippen molar-refractivity contribution in [1.29, 1.82) is 0 Å². The van der Waals surface area contributed by atoms with Gasteiger partial charge in [-0.05, 0) is 31.4 Å². The molecule has 5 heteroatoms. The van der Waals surface area contributed by atoms with Gasteiger partial charge in [0.05, 0.1) is 0 Å². The molecule has 0 spiro atoms. The molecule has 0 atom stereocenters. The molecule has 1 fully saturated rings. The average Bonchev–Trinajstić information content (AvgIpc) is 2.54. The predicted octanol–water partition coefficient (Wildman–Crippen LogP) is 2.14. The molecule has 0 bridgehead atoms. The van der Waals surface area contributed by atoms with Crippen molar-refractivity contribution in [2.45, 2.75) is 39.7 Å². The number of ether oxygens (including phenoxy) is 1. The Morgan fingerprint density at radius 1 is 1.26 bits per heavy atom. The first kappa shape index (κ1) is 17.3. The normalized spacial score (nSPS) is 15.6. The zero-order chi connectivity index (χ0) is 16.8. The summed E-state index contributed by atoms with van der Waals surface area (Å²) in [4.78, 5) is 25.8. The molecule has 0 radical (unpaired) electrons. The Labute approximate surface area is 138 Å². The van der Waals surface area contributed by atoms with Crippen LogP contribution in [0.15, 0.2) is 24.3 Å². The second-order valence-corrected chi connectivity index (χ2v) is 6.38. The molecule has 1 aliphatic heterocycles. The monoisotopic (exact) mass is 318 g/mol. The van der Waals surface area contributed by atoms with E-state index >= 15 is 0 Å². The van der Waals surface area contributed by atoms with Crippen molar-refractivity contribution in [3.05, 3.63) is 29.8 Å². The Morgan fingerprint density at radius 2 is 1.91 bits per heavy atom. The topological polar surface area (TPSA) is 58.6 Å². The lowest BCUT2D eigenvalue weighted by atomic mass is 10.0. The highest BCUT2D eigenvalue weighted by molar-refractivity contribution is 5.79. The van der Waals surface area contributed by atoms with Crippen molar-refractivity contribution in [2.24, 2.45) is 5.92 Å². The molecule has 126 valence electrons. The Kier molecular flexibility index (Phi) is 6.02.